The molecule has 3 unspecified atom stereocenters. The molecule has 1 aliphatic carbocycles. The zero-order valence-electron chi connectivity index (χ0n) is 16.0. The van der Waals surface area contributed by atoms with E-state index >= 15 is 0 Å². The second kappa shape index (κ2) is 15.0. The lowest BCUT2D eigenvalue weighted by molar-refractivity contribution is -0.118. The van der Waals surface area contributed by atoms with E-state index in [0.717, 1.165) is 24.7 Å². The van der Waals surface area contributed by atoms with Gasteiger partial charge in [-0.3, -0.25) is 4.79 Å². The number of carbonyl (C=O) groups is 1. The fourth-order valence-corrected chi connectivity index (χ4v) is 3.30. The summed E-state index contributed by atoms with van der Waals surface area (Å²) in [6.45, 7) is 6.83. The highest BCUT2D eigenvalue weighted by molar-refractivity contribution is 5.73. The average molecular weight is 327 g/mol. The van der Waals surface area contributed by atoms with Crippen molar-refractivity contribution in [3.05, 3.63) is 0 Å². The van der Waals surface area contributed by atoms with E-state index in [1.54, 1.807) is 0 Å². The van der Waals surface area contributed by atoms with Crippen molar-refractivity contribution in [3.8, 4) is 0 Å². The first-order valence-electron chi connectivity index (χ1n) is 10.0. The summed E-state index contributed by atoms with van der Waals surface area (Å²) in [6, 6.07) is 0.487. The van der Waals surface area contributed by atoms with Crippen LogP contribution < -0.4 is 11.5 Å². The highest BCUT2D eigenvalue weighted by atomic mass is 16.1. The molecule has 1 aliphatic rings. The molecule has 1 saturated carbocycles. The number of amides is 1. The second-order valence-electron chi connectivity index (χ2n) is 7.60. The summed E-state index contributed by atoms with van der Waals surface area (Å²) in [5.41, 5.74) is 10.9. The van der Waals surface area contributed by atoms with Gasteiger partial charge in [0, 0.05) is 12.5 Å². The molecule has 0 radical (unpaired) electrons. The zero-order chi connectivity index (χ0) is 17.5. The summed E-state index contributed by atoms with van der Waals surface area (Å²) in [5.74, 6) is 1.52. The number of carbonyl (C=O) groups excluding carboxylic acids is 1. The third kappa shape index (κ3) is 14.7. The Bertz CT molecular complexity index is 281. The van der Waals surface area contributed by atoms with Gasteiger partial charge < -0.3 is 11.5 Å². The second-order valence-corrected chi connectivity index (χ2v) is 7.60. The average Bonchev–Trinajstić information content (AvgIpc) is 2.50. The number of primary amides is 1. The molecule has 23 heavy (non-hydrogen) atoms. The van der Waals surface area contributed by atoms with Crippen LogP contribution in [0.1, 0.15) is 104 Å². The molecule has 0 aromatic rings. The van der Waals surface area contributed by atoms with Gasteiger partial charge in [0.25, 0.3) is 0 Å². The lowest BCUT2D eigenvalue weighted by Crippen LogP contribution is -2.33. The topological polar surface area (TPSA) is 69.1 Å². The lowest BCUT2D eigenvalue weighted by Gasteiger charge is -2.29. The summed E-state index contributed by atoms with van der Waals surface area (Å²) in [7, 11) is 0. The Labute approximate surface area is 145 Å². The minimum atomic E-state index is -0.159. The molecule has 3 heteroatoms. The van der Waals surface area contributed by atoms with E-state index in [1.807, 2.05) is 0 Å². The van der Waals surface area contributed by atoms with Crippen LogP contribution in [0.3, 0.4) is 0 Å². The van der Waals surface area contributed by atoms with E-state index < -0.39 is 0 Å². The summed E-state index contributed by atoms with van der Waals surface area (Å²) in [5, 5.41) is 0. The summed E-state index contributed by atoms with van der Waals surface area (Å²) < 4.78 is 0. The van der Waals surface area contributed by atoms with E-state index in [9.17, 15) is 4.79 Å². The van der Waals surface area contributed by atoms with Crippen LogP contribution in [0.4, 0.5) is 0 Å². The van der Waals surface area contributed by atoms with Crippen LogP contribution in [-0.2, 0) is 4.79 Å². The molecule has 0 bridgehead atoms. The van der Waals surface area contributed by atoms with Gasteiger partial charge in [-0.1, -0.05) is 72.1 Å². The van der Waals surface area contributed by atoms with Crippen LogP contribution in [0.15, 0.2) is 0 Å². The first kappa shape index (κ1) is 22.4. The van der Waals surface area contributed by atoms with Crippen molar-refractivity contribution in [2.24, 2.45) is 23.3 Å². The van der Waals surface area contributed by atoms with Crippen LogP contribution in [-0.4, -0.2) is 11.9 Å². The quantitative estimate of drug-likeness (QED) is 0.544. The number of rotatable bonds is 10. The maximum absolute atomic E-state index is 10.4. The third-order valence-electron chi connectivity index (χ3n) is 5.02. The Morgan fingerprint density at radius 2 is 1.43 bits per heavy atom. The molecule has 0 heterocycles. The molecule has 0 saturated heterocycles. The Kier molecular flexibility index (Phi) is 14.6. The maximum Gasteiger partial charge on any atom is 0.217 e. The van der Waals surface area contributed by atoms with Crippen LogP contribution >= 0.6 is 0 Å². The minimum absolute atomic E-state index is 0.159. The summed E-state index contributed by atoms with van der Waals surface area (Å²) in [4.78, 5) is 10.4. The van der Waals surface area contributed by atoms with Crippen LogP contribution in [0.2, 0.25) is 0 Å². The fraction of sp³-hybridized carbons (Fsp3) is 0.950. The molecular formula is C20H42N2O. The Balaban J connectivity index is 0.000000459. The highest BCUT2D eigenvalue weighted by Gasteiger charge is 2.21. The van der Waals surface area contributed by atoms with Gasteiger partial charge in [0.2, 0.25) is 5.91 Å². The van der Waals surface area contributed by atoms with Crippen molar-refractivity contribution >= 4 is 5.91 Å². The van der Waals surface area contributed by atoms with Crippen molar-refractivity contribution in [1.82, 2.24) is 0 Å². The third-order valence-corrected chi connectivity index (χ3v) is 5.02. The van der Waals surface area contributed by atoms with Crippen LogP contribution in [0, 0.1) is 11.8 Å². The van der Waals surface area contributed by atoms with Gasteiger partial charge in [-0.15, -0.1) is 0 Å². The minimum Gasteiger partial charge on any atom is -0.370 e. The number of hydrogen-bond acceptors (Lipinski definition) is 2. The van der Waals surface area contributed by atoms with Gasteiger partial charge in [0.15, 0.2) is 0 Å². The van der Waals surface area contributed by atoms with Crippen molar-refractivity contribution < 1.29 is 4.79 Å². The molecular weight excluding hydrogens is 284 g/mol. The molecule has 0 aromatic carbocycles. The normalized spacial score (nSPS) is 23.9. The van der Waals surface area contributed by atoms with Crippen LogP contribution in [0.5, 0.6) is 0 Å². The fourth-order valence-electron chi connectivity index (χ4n) is 3.30. The number of hydrogen-bond donors (Lipinski definition) is 2. The van der Waals surface area contributed by atoms with E-state index in [2.05, 4.69) is 20.8 Å². The lowest BCUT2D eigenvalue weighted by atomic mass is 9.80. The standard InChI is InChI=1S/C12H25NO.C8H17N/c1-2-3-4-5-6-7-8-9-10-11-12(13)14;1-6-3-4-8(9)7(2)5-6/h2-11H2,1H3,(H2,13,14);6-8H,3-5,9H2,1-2H3. The molecule has 1 amide bonds. The molecule has 0 spiro atoms. The Hall–Kier alpha value is -0.570. The number of nitrogens with two attached hydrogens (primary N) is 2. The molecule has 3 atom stereocenters. The Morgan fingerprint density at radius 1 is 0.913 bits per heavy atom. The largest absolute Gasteiger partial charge is 0.370 e. The van der Waals surface area contributed by atoms with Gasteiger partial charge in [0.1, 0.15) is 0 Å². The molecule has 3 nitrogen and oxygen atoms in total. The smallest absolute Gasteiger partial charge is 0.217 e. The molecule has 4 N–H and O–H groups in total. The van der Waals surface area contributed by atoms with Gasteiger partial charge >= 0.3 is 0 Å². The van der Waals surface area contributed by atoms with Gasteiger partial charge in [-0.05, 0) is 37.5 Å². The Morgan fingerprint density at radius 3 is 1.87 bits per heavy atom. The molecule has 0 aromatic heterocycles. The predicted molar refractivity (Wildman–Crippen MR) is 101 cm³/mol. The first-order valence-corrected chi connectivity index (χ1v) is 10.0. The molecule has 0 aliphatic heterocycles. The van der Waals surface area contributed by atoms with Crippen molar-refractivity contribution in [3.63, 3.8) is 0 Å². The van der Waals surface area contributed by atoms with Gasteiger partial charge in [-0.25, -0.2) is 0 Å². The summed E-state index contributed by atoms with van der Waals surface area (Å²) in [6.07, 6.45) is 16.0. The molecule has 1 fully saturated rings. The molecule has 138 valence electrons. The van der Waals surface area contributed by atoms with Crippen molar-refractivity contribution in [2.45, 2.75) is 110 Å². The zero-order valence-corrected chi connectivity index (χ0v) is 16.0. The first-order chi connectivity index (χ1) is 11.0. The van der Waals surface area contributed by atoms with Crippen LogP contribution in [0.25, 0.3) is 0 Å². The summed E-state index contributed by atoms with van der Waals surface area (Å²) >= 11 is 0. The van der Waals surface area contributed by atoms with E-state index in [4.69, 9.17) is 11.5 Å². The van der Waals surface area contributed by atoms with E-state index in [-0.39, 0.29) is 5.91 Å². The van der Waals surface area contributed by atoms with E-state index in [0.29, 0.717) is 12.5 Å². The monoisotopic (exact) mass is 326 g/mol. The van der Waals surface area contributed by atoms with Crippen molar-refractivity contribution in [1.29, 1.82) is 0 Å². The predicted octanol–water partition coefficient (Wildman–Crippen LogP) is 5.16. The maximum atomic E-state index is 10.4. The van der Waals surface area contributed by atoms with Crippen molar-refractivity contribution in [2.75, 3.05) is 0 Å². The van der Waals surface area contributed by atoms with Gasteiger partial charge in [-0.2, -0.15) is 0 Å². The molecule has 1 rings (SSSR count). The SMILES string of the molecule is CC1CCC(N)C(C)C1.CCCCCCCCCCCC(N)=O. The van der Waals surface area contributed by atoms with Gasteiger partial charge in [0.05, 0.1) is 0 Å². The number of unbranched alkanes of at least 4 members (excludes halogenated alkanes) is 8. The highest BCUT2D eigenvalue weighted by Crippen LogP contribution is 2.26. The van der Waals surface area contributed by atoms with E-state index in [1.165, 1.54) is 64.2 Å².